The molecule has 0 atom stereocenters. The summed E-state index contributed by atoms with van der Waals surface area (Å²) >= 11 is 6.13. The van der Waals surface area contributed by atoms with Crippen molar-refractivity contribution in [3.8, 4) is 11.5 Å². The first-order chi connectivity index (χ1) is 11.6. The number of aromatic amines is 1. The van der Waals surface area contributed by atoms with Crippen LogP contribution in [0.2, 0.25) is 5.02 Å². The molecule has 0 bridgehead atoms. The van der Waals surface area contributed by atoms with Crippen molar-refractivity contribution in [2.45, 2.75) is 26.8 Å². The zero-order chi connectivity index (χ0) is 17.1. The molecule has 0 unspecified atom stereocenters. The summed E-state index contributed by atoms with van der Waals surface area (Å²) < 4.78 is 11.4. The Bertz CT molecular complexity index is 791. The van der Waals surface area contributed by atoms with Crippen LogP contribution in [0, 0.1) is 0 Å². The van der Waals surface area contributed by atoms with E-state index in [1.165, 1.54) is 5.56 Å². The number of aromatic nitrogens is 2. The van der Waals surface area contributed by atoms with Crippen LogP contribution in [0.15, 0.2) is 23.1 Å². The fourth-order valence-electron chi connectivity index (χ4n) is 2.90. The normalized spacial score (nSPS) is 13.5. The lowest BCUT2D eigenvalue weighted by atomic mass is 9.98. The Balaban J connectivity index is 1.93. The highest BCUT2D eigenvalue weighted by Crippen LogP contribution is 2.35. The van der Waals surface area contributed by atoms with Gasteiger partial charge >= 0.3 is 0 Å². The third kappa shape index (κ3) is 3.19. The predicted molar refractivity (Wildman–Crippen MR) is 93.4 cm³/mol. The van der Waals surface area contributed by atoms with Crippen molar-refractivity contribution in [3.63, 3.8) is 0 Å². The molecule has 24 heavy (non-hydrogen) atoms. The lowest BCUT2D eigenvalue weighted by molar-refractivity contribution is 0.287. The number of benzene rings is 1. The first-order valence-electron chi connectivity index (χ1n) is 8.03. The molecule has 0 saturated heterocycles. The summed E-state index contributed by atoms with van der Waals surface area (Å²) in [4.78, 5) is 13.7. The molecule has 0 saturated carbocycles. The maximum Gasteiger partial charge on any atom is 0.285 e. The number of hydrogen-bond donors (Lipinski definition) is 1. The van der Waals surface area contributed by atoms with Crippen LogP contribution in [-0.4, -0.2) is 30.0 Å². The van der Waals surface area contributed by atoms with E-state index in [2.05, 4.69) is 21.2 Å². The van der Waals surface area contributed by atoms with Gasteiger partial charge in [-0.05, 0) is 43.5 Å². The molecule has 0 fully saturated rings. The molecular formula is C17H20ClN3O3. The SMILES string of the molecule is CCOc1cc2c(cc1OCC)CN(c1cn[nH]c(=O)c1Cl)CC2. The highest BCUT2D eigenvalue weighted by Gasteiger charge is 2.22. The zero-order valence-corrected chi connectivity index (χ0v) is 14.5. The predicted octanol–water partition coefficient (Wildman–Crippen LogP) is 2.78. The summed E-state index contributed by atoms with van der Waals surface area (Å²) in [5, 5.41) is 6.37. The number of rotatable bonds is 5. The molecule has 0 amide bonds. The van der Waals surface area contributed by atoms with Crippen LogP contribution in [0.4, 0.5) is 5.69 Å². The topological polar surface area (TPSA) is 67.5 Å². The van der Waals surface area contributed by atoms with Crippen molar-refractivity contribution in [3.05, 3.63) is 44.8 Å². The number of H-pyrrole nitrogens is 1. The van der Waals surface area contributed by atoms with Gasteiger partial charge in [0.2, 0.25) is 0 Å². The molecule has 0 spiro atoms. The summed E-state index contributed by atoms with van der Waals surface area (Å²) in [5.74, 6) is 1.53. The molecule has 7 heteroatoms. The van der Waals surface area contributed by atoms with Crippen LogP contribution in [0.25, 0.3) is 0 Å². The Morgan fingerprint density at radius 3 is 2.54 bits per heavy atom. The Morgan fingerprint density at radius 1 is 1.21 bits per heavy atom. The maximum atomic E-state index is 11.7. The molecular weight excluding hydrogens is 330 g/mol. The van der Waals surface area contributed by atoms with Crippen LogP contribution < -0.4 is 19.9 Å². The summed E-state index contributed by atoms with van der Waals surface area (Å²) in [7, 11) is 0. The van der Waals surface area contributed by atoms with Gasteiger partial charge in [-0.2, -0.15) is 5.10 Å². The molecule has 0 radical (unpaired) electrons. The molecule has 6 nitrogen and oxygen atoms in total. The van der Waals surface area contributed by atoms with Gasteiger partial charge < -0.3 is 14.4 Å². The second-order valence-electron chi connectivity index (χ2n) is 5.50. The minimum Gasteiger partial charge on any atom is -0.490 e. The van der Waals surface area contributed by atoms with Gasteiger partial charge in [-0.3, -0.25) is 4.79 Å². The average molecular weight is 350 g/mol. The maximum absolute atomic E-state index is 11.7. The van der Waals surface area contributed by atoms with Crippen LogP contribution in [0.5, 0.6) is 11.5 Å². The Kier molecular flexibility index (Phi) is 4.94. The molecule has 2 aromatic rings. The third-order valence-electron chi connectivity index (χ3n) is 4.00. The molecule has 128 valence electrons. The number of anilines is 1. The summed E-state index contributed by atoms with van der Waals surface area (Å²) in [6.45, 7) is 6.48. The summed E-state index contributed by atoms with van der Waals surface area (Å²) in [6.07, 6.45) is 2.43. The second kappa shape index (κ2) is 7.13. The molecule has 1 aliphatic heterocycles. The number of fused-ring (bicyclic) bond motifs is 1. The fraction of sp³-hybridized carbons (Fsp3) is 0.412. The molecule has 0 aliphatic carbocycles. The van der Waals surface area contributed by atoms with Crippen LogP contribution in [0.3, 0.4) is 0 Å². The molecule has 3 rings (SSSR count). The Labute approximate surface area is 145 Å². The number of nitrogens with zero attached hydrogens (tertiary/aromatic N) is 2. The van der Waals surface area contributed by atoms with Crippen LogP contribution in [0.1, 0.15) is 25.0 Å². The van der Waals surface area contributed by atoms with E-state index in [0.717, 1.165) is 30.0 Å². The van der Waals surface area contributed by atoms with Crippen molar-refractivity contribution >= 4 is 17.3 Å². The Morgan fingerprint density at radius 2 is 1.88 bits per heavy atom. The van der Waals surface area contributed by atoms with Crippen LogP contribution in [-0.2, 0) is 13.0 Å². The Hall–Kier alpha value is -2.21. The van der Waals surface area contributed by atoms with E-state index in [9.17, 15) is 4.79 Å². The molecule has 1 aromatic heterocycles. The first-order valence-corrected chi connectivity index (χ1v) is 8.41. The van der Waals surface area contributed by atoms with Crippen molar-refractivity contribution in [1.29, 1.82) is 0 Å². The van der Waals surface area contributed by atoms with E-state index in [1.54, 1.807) is 6.20 Å². The lowest BCUT2D eigenvalue weighted by Crippen LogP contribution is -2.32. The largest absolute Gasteiger partial charge is 0.490 e. The quantitative estimate of drug-likeness (QED) is 0.899. The van der Waals surface area contributed by atoms with Crippen molar-refractivity contribution < 1.29 is 9.47 Å². The molecule has 2 heterocycles. The van der Waals surface area contributed by atoms with Gasteiger partial charge in [0.1, 0.15) is 5.02 Å². The fourth-order valence-corrected chi connectivity index (χ4v) is 3.11. The van der Waals surface area contributed by atoms with E-state index < -0.39 is 0 Å². The van der Waals surface area contributed by atoms with Gasteiger partial charge in [0.25, 0.3) is 5.56 Å². The minimum atomic E-state index is -0.373. The van der Waals surface area contributed by atoms with Crippen molar-refractivity contribution in [2.24, 2.45) is 0 Å². The van der Waals surface area contributed by atoms with E-state index in [4.69, 9.17) is 21.1 Å². The van der Waals surface area contributed by atoms with E-state index in [0.29, 0.717) is 25.4 Å². The van der Waals surface area contributed by atoms with Gasteiger partial charge in [-0.25, -0.2) is 5.10 Å². The van der Waals surface area contributed by atoms with E-state index in [1.807, 2.05) is 19.9 Å². The number of hydrogen-bond acceptors (Lipinski definition) is 5. The standard InChI is InChI=1S/C17H20ClN3O3/c1-3-23-14-7-11-5-6-21(10-12(11)8-15(14)24-4-2)13-9-19-20-17(22)16(13)18/h7-9H,3-6,10H2,1-2H3,(H,20,22). The number of halogens is 1. The zero-order valence-electron chi connectivity index (χ0n) is 13.8. The average Bonchev–Trinajstić information content (AvgIpc) is 2.58. The van der Waals surface area contributed by atoms with E-state index in [-0.39, 0.29) is 10.6 Å². The first kappa shape index (κ1) is 16.6. The number of ether oxygens (including phenoxy) is 2. The van der Waals surface area contributed by atoms with Gasteiger partial charge in [-0.1, -0.05) is 11.6 Å². The van der Waals surface area contributed by atoms with Crippen molar-refractivity contribution in [1.82, 2.24) is 10.2 Å². The third-order valence-corrected chi connectivity index (χ3v) is 4.36. The highest BCUT2D eigenvalue weighted by molar-refractivity contribution is 6.33. The van der Waals surface area contributed by atoms with Crippen LogP contribution >= 0.6 is 11.6 Å². The second-order valence-corrected chi connectivity index (χ2v) is 5.88. The van der Waals surface area contributed by atoms with Gasteiger partial charge in [0.15, 0.2) is 11.5 Å². The highest BCUT2D eigenvalue weighted by atomic mass is 35.5. The van der Waals surface area contributed by atoms with Crippen molar-refractivity contribution in [2.75, 3.05) is 24.7 Å². The summed E-state index contributed by atoms with van der Waals surface area (Å²) in [6, 6.07) is 4.07. The summed E-state index contributed by atoms with van der Waals surface area (Å²) in [5.41, 5.74) is 2.65. The van der Waals surface area contributed by atoms with Gasteiger partial charge in [0, 0.05) is 13.1 Å². The molecule has 1 aromatic carbocycles. The minimum absolute atomic E-state index is 0.171. The molecule has 1 aliphatic rings. The monoisotopic (exact) mass is 349 g/mol. The number of nitrogens with one attached hydrogen (secondary N) is 1. The van der Waals surface area contributed by atoms with Gasteiger partial charge in [0.05, 0.1) is 25.1 Å². The van der Waals surface area contributed by atoms with Gasteiger partial charge in [-0.15, -0.1) is 0 Å². The van der Waals surface area contributed by atoms with E-state index >= 15 is 0 Å². The smallest absolute Gasteiger partial charge is 0.285 e. The molecule has 1 N–H and O–H groups in total. The lowest BCUT2D eigenvalue weighted by Gasteiger charge is -2.31.